The van der Waals surface area contributed by atoms with Crippen LogP contribution in [0, 0.1) is 0 Å². The molecule has 2 aromatic heterocycles. The Hall–Kier alpha value is -3.05. The van der Waals surface area contributed by atoms with E-state index < -0.39 is 10.0 Å². The van der Waals surface area contributed by atoms with E-state index >= 15 is 0 Å². The summed E-state index contributed by atoms with van der Waals surface area (Å²) < 4.78 is 33.4. The molecule has 0 radical (unpaired) electrons. The zero-order valence-corrected chi connectivity index (χ0v) is 20.8. The van der Waals surface area contributed by atoms with Gasteiger partial charge in [-0.3, -0.25) is 9.69 Å². The molecule has 0 aliphatic heterocycles. The number of para-hydroxylation sites is 1. The molecule has 0 unspecified atom stereocenters. The molecule has 0 saturated heterocycles. The predicted octanol–water partition coefficient (Wildman–Crippen LogP) is 3.92. The first-order valence-corrected chi connectivity index (χ1v) is 12.9. The zero-order valence-electron chi connectivity index (χ0n) is 19.2. The lowest BCUT2D eigenvalue weighted by Gasteiger charge is -2.22. The number of aromatic nitrogens is 1. The van der Waals surface area contributed by atoms with E-state index in [2.05, 4.69) is 4.98 Å². The third-order valence-electron chi connectivity index (χ3n) is 5.30. The van der Waals surface area contributed by atoms with Gasteiger partial charge in [-0.25, -0.2) is 13.4 Å². The highest BCUT2D eigenvalue weighted by Gasteiger charge is 2.24. The molecule has 4 aromatic rings. The lowest BCUT2D eigenvalue weighted by Crippen LogP contribution is -2.36. The number of benzene rings is 2. The normalized spacial score (nSPS) is 12.0. The number of carbonyl (C=O) groups excluding carboxylic acids is 1. The second kappa shape index (κ2) is 10.1. The summed E-state index contributed by atoms with van der Waals surface area (Å²) in [6.07, 6.45) is 1.50. The third kappa shape index (κ3) is 5.20. The van der Waals surface area contributed by atoms with Crippen LogP contribution in [0.15, 0.2) is 76.2 Å². The fraction of sp³-hybridized carbons (Fsp3) is 0.250. The number of hydrogen-bond acceptors (Lipinski definition) is 7. The molecule has 10 heteroatoms. The maximum Gasteiger partial charge on any atom is 0.260 e. The molecule has 0 bridgehead atoms. The molecular formula is C24H26N4O4S2. The van der Waals surface area contributed by atoms with E-state index in [1.165, 1.54) is 41.1 Å². The molecule has 2 heterocycles. The number of carbonyl (C=O) groups is 1. The van der Waals surface area contributed by atoms with Crippen LogP contribution in [0.3, 0.4) is 0 Å². The number of furan rings is 1. The smallest absolute Gasteiger partial charge is 0.260 e. The molecule has 0 fully saturated rings. The molecule has 0 N–H and O–H groups in total. The molecule has 34 heavy (non-hydrogen) atoms. The van der Waals surface area contributed by atoms with Crippen molar-refractivity contribution in [2.45, 2.75) is 11.4 Å². The monoisotopic (exact) mass is 498 g/mol. The van der Waals surface area contributed by atoms with Gasteiger partial charge in [0.2, 0.25) is 10.0 Å². The van der Waals surface area contributed by atoms with Gasteiger partial charge in [0.05, 0.1) is 27.9 Å². The Kier molecular flexibility index (Phi) is 7.13. The molecule has 0 atom stereocenters. The minimum Gasteiger partial charge on any atom is -0.468 e. The van der Waals surface area contributed by atoms with Crippen molar-refractivity contribution < 1.29 is 17.6 Å². The number of fused-ring (bicyclic) bond motifs is 1. The quantitative estimate of drug-likeness (QED) is 0.348. The SMILES string of the molecule is CN(C)CCN(C(=O)c1ccc(S(=O)(=O)N(C)Cc2ccco2)cc1)c1nc2ccccc2s1. The van der Waals surface area contributed by atoms with Gasteiger partial charge >= 0.3 is 0 Å². The van der Waals surface area contributed by atoms with Crippen LogP contribution in [0.25, 0.3) is 10.2 Å². The molecule has 0 spiro atoms. The summed E-state index contributed by atoms with van der Waals surface area (Å²) in [5.41, 5.74) is 1.23. The van der Waals surface area contributed by atoms with Crippen molar-refractivity contribution in [3.05, 3.63) is 78.3 Å². The van der Waals surface area contributed by atoms with Crippen molar-refractivity contribution in [1.82, 2.24) is 14.2 Å². The Labute approximate surface area is 203 Å². The molecule has 8 nitrogen and oxygen atoms in total. The van der Waals surface area contributed by atoms with Gasteiger partial charge in [-0.1, -0.05) is 23.5 Å². The van der Waals surface area contributed by atoms with Crippen LogP contribution in [0.1, 0.15) is 16.1 Å². The van der Waals surface area contributed by atoms with Gasteiger partial charge in [-0.05, 0) is 62.6 Å². The van der Waals surface area contributed by atoms with Crippen molar-refractivity contribution in [2.75, 3.05) is 39.1 Å². The van der Waals surface area contributed by atoms with Crippen LogP contribution in [-0.2, 0) is 16.6 Å². The largest absolute Gasteiger partial charge is 0.468 e. The predicted molar refractivity (Wildman–Crippen MR) is 134 cm³/mol. The molecule has 0 aliphatic carbocycles. The summed E-state index contributed by atoms with van der Waals surface area (Å²) in [6, 6.07) is 17.2. The van der Waals surface area contributed by atoms with E-state index in [1.54, 1.807) is 29.2 Å². The molecule has 2 aromatic carbocycles. The fourth-order valence-corrected chi connectivity index (χ4v) is 5.50. The highest BCUT2D eigenvalue weighted by molar-refractivity contribution is 7.89. The number of likely N-dealkylation sites (N-methyl/N-ethyl adjacent to an activating group) is 1. The standard InChI is InChI=1S/C24H26N4O4S2/c1-26(2)14-15-28(24-25-21-8-4-5-9-22(21)33-24)23(29)18-10-12-20(13-11-18)34(30,31)27(3)17-19-7-6-16-32-19/h4-13,16H,14-15,17H2,1-3H3. The summed E-state index contributed by atoms with van der Waals surface area (Å²) in [5.74, 6) is 0.319. The van der Waals surface area contributed by atoms with Crippen LogP contribution >= 0.6 is 11.3 Å². The Morgan fingerprint density at radius 1 is 0.971 bits per heavy atom. The average Bonchev–Trinajstić information content (AvgIpc) is 3.48. The van der Waals surface area contributed by atoms with Gasteiger partial charge in [0, 0.05) is 25.7 Å². The van der Waals surface area contributed by atoms with Gasteiger partial charge in [0.1, 0.15) is 5.76 Å². The first-order chi connectivity index (χ1) is 16.3. The van der Waals surface area contributed by atoms with Gasteiger partial charge in [-0.2, -0.15) is 4.31 Å². The first kappa shape index (κ1) is 24.1. The number of amides is 1. The first-order valence-electron chi connectivity index (χ1n) is 10.7. The number of nitrogens with zero attached hydrogens (tertiary/aromatic N) is 4. The third-order valence-corrected chi connectivity index (χ3v) is 8.17. The Morgan fingerprint density at radius 2 is 1.71 bits per heavy atom. The lowest BCUT2D eigenvalue weighted by molar-refractivity contribution is 0.0985. The number of thiazole rings is 1. The Balaban J connectivity index is 1.58. The molecule has 178 valence electrons. The summed E-state index contributed by atoms with van der Waals surface area (Å²) in [5, 5.41) is 0.614. The van der Waals surface area contributed by atoms with Crippen LogP contribution in [0.5, 0.6) is 0 Å². The van der Waals surface area contributed by atoms with Gasteiger partial charge < -0.3 is 9.32 Å². The molecule has 4 rings (SSSR count). The van der Waals surface area contributed by atoms with Crippen LogP contribution in [0.4, 0.5) is 5.13 Å². The zero-order chi connectivity index (χ0) is 24.3. The number of rotatable bonds is 9. The number of anilines is 1. The van der Waals surface area contributed by atoms with E-state index in [9.17, 15) is 13.2 Å². The summed E-state index contributed by atoms with van der Waals surface area (Å²) in [4.78, 5) is 21.8. The van der Waals surface area contributed by atoms with Crippen molar-refractivity contribution in [3.8, 4) is 0 Å². The maximum absolute atomic E-state index is 13.4. The lowest BCUT2D eigenvalue weighted by atomic mass is 10.2. The molecule has 0 saturated carbocycles. The van der Waals surface area contributed by atoms with Gasteiger partial charge in [-0.15, -0.1) is 0 Å². The summed E-state index contributed by atoms with van der Waals surface area (Å²) >= 11 is 1.46. The van der Waals surface area contributed by atoms with E-state index in [4.69, 9.17) is 4.42 Å². The Bertz CT molecular complexity index is 1330. The van der Waals surface area contributed by atoms with Crippen LogP contribution < -0.4 is 4.90 Å². The molecular weight excluding hydrogens is 472 g/mol. The Morgan fingerprint density at radius 3 is 2.35 bits per heavy atom. The molecule has 0 aliphatic rings. The van der Waals surface area contributed by atoms with E-state index in [0.29, 0.717) is 29.5 Å². The highest BCUT2D eigenvalue weighted by atomic mass is 32.2. The topological polar surface area (TPSA) is 87.0 Å². The van der Waals surface area contributed by atoms with Crippen LogP contribution in [0.2, 0.25) is 0 Å². The fourth-order valence-electron chi connectivity index (χ4n) is 3.37. The van der Waals surface area contributed by atoms with E-state index in [-0.39, 0.29) is 17.3 Å². The van der Waals surface area contributed by atoms with Crippen molar-refractivity contribution >= 4 is 42.6 Å². The number of hydrogen-bond donors (Lipinski definition) is 0. The summed E-state index contributed by atoms with van der Waals surface area (Å²) in [7, 11) is 1.64. The van der Waals surface area contributed by atoms with E-state index in [1.807, 2.05) is 43.3 Å². The average molecular weight is 499 g/mol. The van der Waals surface area contributed by atoms with Crippen molar-refractivity contribution in [1.29, 1.82) is 0 Å². The summed E-state index contributed by atoms with van der Waals surface area (Å²) in [6.45, 7) is 1.23. The van der Waals surface area contributed by atoms with Gasteiger partial charge in [0.25, 0.3) is 5.91 Å². The minimum absolute atomic E-state index is 0.109. The molecule has 1 amide bonds. The minimum atomic E-state index is -3.74. The highest BCUT2D eigenvalue weighted by Crippen LogP contribution is 2.30. The second-order valence-electron chi connectivity index (χ2n) is 8.09. The van der Waals surface area contributed by atoms with Crippen LogP contribution in [-0.4, -0.2) is 62.7 Å². The number of sulfonamides is 1. The van der Waals surface area contributed by atoms with Gasteiger partial charge in [0.15, 0.2) is 5.13 Å². The van der Waals surface area contributed by atoms with Crippen molar-refractivity contribution in [2.24, 2.45) is 0 Å². The second-order valence-corrected chi connectivity index (χ2v) is 11.1. The maximum atomic E-state index is 13.4. The van der Waals surface area contributed by atoms with Crippen molar-refractivity contribution in [3.63, 3.8) is 0 Å². The van der Waals surface area contributed by atoms with E-state index in [0.717, 1.165) is 10.2 Å².